The van der Waals surface area contributed by atoms with Crippen LogP contribution in [0.15, 0.2) is 71.6 Å². The molecule has 1 amide bonds. The first-order valence-corrected chi connectivity index (χ1v) is 12.9. The zero-order valence-corrected chi connectivity index (χ0v) is 20.7. The third kappa shape index (κ3) is 4.80. The molecular formula is C27H30N2O4S. The van der Waals surface area contributed by atoms with E-state index in [0.29, 0.717) is 11.4 Å². The van der Waals surface area contributed by atoms with E-state index in [2.05, 4.69) is 12.2 Å². The number of amides is 1. The van der Waals surface area contributed by atoms with E-state index in [1.165, 1.54) is 9.87 Å². The van der Waals surface area contributed by atoms with Crippen LogP contribution in [-0.2, 0) is 21.2 Å². The molecule has 7 heteroatoms. The Bertz CT molecular complexity index is 1290. The molecule has 0 saturated carbocycles. The van der Waals surface area contributed by atoms with Crippen molar-refractivity contribution >= 4 is 21.6 Å². The van der Waals surface area contributed by atoms with Crippen LogP contribution >= 0.6 is 0 Å². The number of hydrogen-bond acceptors (Lipinski definition) is 4. The molecule has 3 aromatic carbocycles. The van der Waals surface area contributed by atoms with Crippen molar-refractivity contribution in [3.8, 4) is 5.75 Å². The highest BCUT2D eigenvalue weighted by atomic mass is 32.2. The fourth-order valence-electron chi connectivity index (χ4n) is 3.99. The fourth-order valence-corrected chi connectivity index (χ4v) is 5.46. The quantitative estimate of drug-likeness (QED) is 0.557. The second-order valence-corrected chi connectivity index (χ2v) is 10.6. The molecule has 0 radical (unpaired) electrons. The topological polar surface area (TPSA) is 75.7 Å². The zero-order chi connectivity index (χ0) is 24.5. The number of rotatable bonds is 6. The molecule has 3 aromatic rings. The van der Waals surface area contributed by atoms with Gasteiger partial charge in [0.15, 0.2) is 6.10 Å². The summed E-state index contributed by atoms with van der Waals surface area (Å²) < 4.78 is 34.4. The van der Waals surface area contributed by atoms with E-state index in [1.807, 2.05) is 51.1 Å². The molecule has 0 aromatic heterocycles. The van der Waals surface area contributed by atoms with Gasteiger partial charge in [0.2, 0.25) is 0 Å². The van der Waals surface area contributed by atoms with Gasteiger partial charge in [0.25, 0.3) is 15.9 Å². The summed E-state index contributed by atoms with van der Waals surface area (Å²) in [5.74, 6) is 0.00929. The number of ether oxygens (including phenoxy) is 1. The Hall–Kier alpha value is -3.32. The summed E-state index contributed by atoms with van der Waals surface area (Å²) in [6.07, 6.45) is -0.0333. The average molecular weight is 479 g/mol. The molecular weight excluding hydrogens is 448 g/mol. The summed E-state index contributed by atoms with van der Waals surface area (Å²) in [7, 11) is -3.89. The molecule has 4 rings (SSSR count). The van der Waals surface area contributed by atoms with Gasteiger partial charge in [-0.1, -0.05) is 55.0 Å². The molecule has 1 heterocycles. The number of aryl methyl sites for hydroxylation is 3. The Morgan fingerprint density at radius 1 is 1.03 bits per heavy atom. The lowest BCUT2D eigenvalue weighted by molar-refractivity contribution is -0.128. The van der Waals surface area contributed by atoms with Crippen molar-refractivity contribution in [3.05, 3.63) is 89.0 Å². The Balaban J connectivity index is 1.61. The second-order valence-electron chi connectivity index (χ2n) is 8.75. The van der Waals surface area contributed by atoms with Gasteiger partial charge in [-0.15, -0.1) is 0 Å². The van der Waals surface area contributed by atoms with Gasteiger partial charge in [0, 0.05) is 0 Å². The number of carbonyl (C=O) groups is 1. The van der Waals surface area contributed by atoms with E-state index < -0.39 is 16.1 Å². The summed E-state index contributed by atoms with van der Waals surface area (Å²) in [6, 6.07) is 19.9. The Kier molecular flexibility index (Phi) is 6.66. The van der Waals surface area contributed by atoms with E-state index in [1.54, 1.807) is 36.4 Å². The molecule has 1 aliphatic heterocycles. The molecule has 2 atom stereocenters. The van der Waals surface area contributed by atoms with Crippen LogP contribution in [0.3, 0.4) is 0 Å². The Labute approximate surface area is 201 Å². The highest BCUT2D eigenvalue weighted by molar-refractivity contribution is 7.92. The van der Waals surface area contributed by atoms with E-state index in [0.717, 1.165) is 23.1 Å². The van der Waals surface area contributed by atoms with Crippen LogP contribution in [0.1, 0.15) is 42.1 Å². The fraction of sp³-hybridized carbons (Fsp3) is 0.296. The van der Waals surface area contributed by atoms with Crippen molar-refractivity contribution in [3.63, 3.8) is 0 Å². The average Bonchev–Trinajstić information content (AvgIpc) is 2.83. The lowest BCUT2D eigenvalue weighted by atomic mass is 10.0. The predicted molar refractivity (Wildman–Crippen MR) is 134 cm³/mol. The monoisotopic (exact) mass is 478 g/mol. The first kappa shape index (κ1) is 23.8. The van der Waals surface area contributed by atoms with Gasteiger partial charge >= 0.3 is 0 Å². The van der Waals surface area contributed by atoms with Crippen LogP contribution in [-0.4, -0.2) is 27.0 Å². The van der Waals surface area contributed by atoms with Crippen LogP contribution in [0.5, 0.6) is 5.75 Å². The van der Waals surface area contributed by atoms with Crippen LogP contribution in [0, 0.1) is 13.8 Å². The normalized spacial score (nSPS) is 16.4. The van der Waals surface area contributed by atoms with Crippen LogP contribution < -0.4 is 14.4 Å². The van der Waals surface area contributed by atoms with Gasteiger partial charge in [-0.25, -0.2) is 8.42 Å². The third-order valence-corrected chi connectivity index (χ3v) is 7.93. The number of benzene rings is 3. The van der Waals surface area contributed by atoms with Gasteiger partial charge < -0.3 is 10.1 Å². The lowest BCUT2D eigenvalue weighted by Crippen LogP contribution is -2.51. The molecule has 1 N–H and O–H groups in total. The maximum atomic E-state index is 13.6. The van der Waals surface area contributed by atoms with Crippen LogP contribution in [0.4, 0.5) is 5.69 Å². The Morgan fingerprint density at radius 3 is 2.32 bits per heavy atom. The molecule has 178 valence electrons. The summed E-state index contributed by atoms with van der Waals surface area (Å²) in [5, 5.41) is 2.98. The van der Waals surface area contributed by atoms with E-state index in [9.17, 15) is 13.2 Å². The summed E-state index contributed by atoms with van der Waals surface area (Å²) in [5.41, 5.74) is 4.50. The number of hydrogen-bond donors (Lipinski definition) is 1. The minimum Gasteiger partial charge on any atom is -0.476 e. The molecule has 0 spiro atoms. The van der Waals surface area contributed by atoms with E-state index in [4.69, 9.17) is 4.74 Å². The molecule has 0 fully saturated rings. The van der Waals surface area contributed by atoms with Gasteiger partial charge in [-0.2, -0.15) is 0 Å². The molecule has 0 bridgehead atoms. The summed E-state index contributed by atoms with van der Waals surface area (Å²) >= 11 is 0. The predicted octanol–water partition coefficient (Wildman–Crippen LogP) is 4.70. The minimum atomic E-state index is -3.89. The van der Waals surface area contributed by atoms with Crippen molar-refractivity contribution < 1.29 is 17.9 Å². The van der Waals surface area contributed by atoms with Gasteiger partial charge in [0.1, 0.15) is 5.75 Å². The molecule has 6 nitrogen and oxygen atoms in total. The minimum absolute atomic E-state index is 0.111. The molecule has 34 heavy (non-hydrogen) atoms. The van der Waals surface area contributed by atoms with Crippen LogP contribution in [0.2, 0.25) is 0 Å². The number of carbonyl (C=O) groups excluding carboxylic acids is 1. The van der Waals surface area contributed by atoms with Gasteiger partial charge in [-0.3, -0.25) is 9.10 Å². The van der Waals surface area contributed by atoms with Crippen molar-refractivity contribution in [1.29, 1.82) is 0 Å². The first-order valence-electron chi connectivity index (χ1n) is 11.4. The highest BCUT2D eigenvalue weighted by Crippen LogP contribution is 2.38. The standard InChI is InChI=1S/C27H30N2O4S/c1-5-21-9-11-22(12-10-21)20(4)28-27(30)26-17-29(24-16-19(3)8-15-25(24)33-26)34(31,32)23-13-6-18(2)7-14-23/h6-16,20,26H,5,17H2,1-4H3,(H,28,30). The van der Waals surface area contributed by atoms with Gasteiger partial charge in [-0.05, 0) is 68.1 Å². The maximum absolute atomic E-state index is 13.6. The Morgan fingerprint density at radius 2 is 1.68 bits per heavy atom. The smallest absolute Gasteiger partial charge is 0.264 e. The van der Waals surface area contributed by atoms with Crippen molar-refractivity contribution in [2.75, 3.05) is 10.8 Å². The van der Waals surface area contributed by atoms with Crippen molar-refractivity contribution in [2.45, 2.75) is 51.2 Å². The van der Waals surface area contributed by atoms with Crippen molar-refractivity contribution in [1.82, 2.24) is 5.32 Å². The zero-order valence-electron chi connectivity index (χ0n) is 19.9. The summed E-state index contributed by atoms with van der Waals surface area (Å²) in [6.45, 7) is 7.68. The molecule has 2 unspecified atom stereocenters. The SMILES string of the molecule is CCc1ccc(C(C)NC(=O)C2CN(S(=O)(=O)c3ccc(C)cc3)c3cc(C)ccc3O2)cc1. The van der Waals surface area contributed by atoms with Crippen LogP contribution in [0.25, 0.3) is 0 Å². The molecule has 1 aliphatic rings. The second kappa shape index (κ2) is 9.50. The van der Waals surface area contributed by atoms with Crippen molar-refractivity contribution in [2.24, 2.45) is 0 Å². The maximum Gasteiger partial charge on any atom is 0.264 e. The third-order valence-electron chi connectivity index (χ3n) is 6.13. The van der Waals surface area contributed by atoms with E-state index in [-0.39, 0.29) is 23.4 Å². The number of nitrogens with one attached hydrogen (secondary N) is 1. The number of nitrogens with zero attached hydrogens (tertiary/aromatic N) is 1. The largest absolute Gasteiger partial charge is 0.476 e. The van der Waals surface area contributed by atoms with E-state index >= 15 is 0 Å². The highest BCUT2D eigenvalue weighted by Gasteiger charge is 2.38. The van der Waals surface area contributed by atoms with Gasteiger partial charge in [0.05, 0.1) is 23.2 Å². The number of sulfonamides is 1. The molecule has 0 saturated heterocycles. The number of fused-ring (bicyclic) bond motifs is 1. The summed E-state index contributed by atoms with van der Waals surface area (Å²) in [4.78, 5) is 13.4. The molecule has 0 aliphatic carbocycles. The lowest BCUT2D eigenvalue weighted by Gasteiger charge is -2.35. The number of anilines is 1. The first-order chi connectivity index (χ1) is 16.2.